The molecule has 1 heterocycles. The van der Waals surface area contributed by atoms with E-state index in [1.807, 2.05) is 18.2 Å². The van der Waals surface area contributed by atoms with Gasteiger partial charge in [0.05, 0.1) is 16.0 Å². The zero-order valence-electron chi connectivity index (χ0n) is 7.05. The number of benzene rings is 1. The molecule has 0 aliphatic rings. The number of hydrogen-bond donors (Lipinski definition) is 0. The fourth-order valence-corrected chi connectivity index (χ4v) is 2.88. The molecule has 0 amide bonds. The van der Waals surface area contributed by atoms with Gasteiger partial charge in [0, 0.05) is 10.6 Å². The van der Waals surface area contributed by atoms with Gasteiger partial charge in [0.2, 0.25) is 0 Å². The molecule has 0 unspecified atom stereocenters. The number of rotatable bonds is 1. The molecule has 0 aliphatic carbocycles. The summed E-state index contributed by atoms with van der Waals surface area (Å²) in [5.74, 6) is 0.406. The minimum Gasteiger partial charge on any atom is -0.192 e. The average Bonchev–Trinajstić information content (AvgIpc) is 2.56. The number of alkyl halides is 1. The summed E-state index contributed by atoms with van der Waals surface area (Å²) in [4.78, 5) is 0. The van der Waals surface area contributed by atoms with Gasteiger partial charge in [-0.1, -0.05) is 11.6 Å². The number of halogens is 2. The van der Waals surface area contributed by atoms with Crippen LogP contribution in [0, 0.1) is 11.3 Å². The Labute approximate surface area is 95.5 Å². The van der Waals surface area contributed by atoms with E-state index in [4.69, 9.17) is 28.5 Å². The molecule has 0 saturated heterocycles. The second kappa shape index (κ2) is 3.78. The molecule has 4 heteroatoms. The van der Waals surface area contributed by atoms with Crippen LogP contribution in [0.1, 0.15) is 11.1 Å². The smallest absolute Gasteiger partial charge is 0.0991 e. The fraction of sp³-hybridized carbons (Fsp3) is 0.100. The topological polar surface area (TPSA) is 23.8 Å². The maximum absolute atomic E-state index is 8.80. The second-order valence-corrected chi connectivity index (χ2v) is 4.80. The van der Waals surface area contributed by atoms with Crippen molar-refractivity contribution in [2.24, 2.45) is 0 Å². The highest BCUT2D eigenvalue weighted by atomic mass is 35.5. The maximum atomic E-state index is 8.80. The first-order valence-electron chi connectivity index (χ1n) is 3.92. The van der Waals surface area contributed by atoms with Gasteiger partial charge in [-0.05, 0) is 29.1 Å². The number of hydrogen-bond acceptors (Lipinski definition) is 2. The van der Waals surface area contributed by atoms with Crippen LogP contribution >= 0.6 is 34.5 Å². The number of nitrogens with zero attached hydrogens (tertiary/aromatic N) is 1. The highest BCUT2D eigenvalue weighted by Crippen LogP contribution is 2.33. The highest BCUT2D eigenvalue weighted by Gasteiger charge is 2.06. The molecule has 0 N–H and O–H groups in total. The molecule has 0 atom stereocenters. The van der Waals surface area contributed by atoms with Crippen LogP contribution in [0.15, 0.2) is 18.2 Å². The second-order valence-electron chi connectivity index (χ2n) is 2.85. The largest absolute Gasteiger partial charge is 0.192 e. The first-order valence-corrected chi connectivity index (χ1v) is 5.65. The van der Waals surface area contributed by atoms with Crippen molar-refractivity contribution in [3.05, 3.63) is 33.7 Å². The van der Waals surface area contributed by atoms with E-state index in [9.17, 15) is 0 Å². The van der Waals surface area contributed by atoms with Crippen molar-refractivity contribution in [1.29, 1.82) is 5.26 Å². The third kappa shape index (κ3) is 1.59. The summed E-state index contributed by atoms with van der Waals surface area (Å²) in [7, 11) is 0. The molecular formula is C10H5Cl2NS. The fourth-order valence-electron chi connectivity index (χ4n) is 1.36. The first kappa shape index (κ1) is 9.79. The lowest BCUT2D eigenvalue weighted by Crippen LogP contribution is -1.81. The highest BCUT2D eigenvalue weighted by molar-refractivity contribution is 7.22. The number of nitriles is 1. The summed E-state index contributed by atoms with van der Waals surface area (Å²) >= 11 is 13.2. The number of thiophene rings is 1. The minimum absolute atomic E-state index is 0.406. The SMILES string of the molecule is N#Cc1cc(CCl)c2sc(Cl)cc2c1. The zero-order chi connectivity index (χ0) is 10.1. The molecule has 14 heavy (non-hydrogen) atoms. The van der Waals surface area contributed by atoms with Crippen LogP contribution < -0.4 is 0 Å². The minimum atomic E-state index is 0.406. The molecular weight excluding hydrogens is 237 g/mol. The van der Waals surface area contributed by atoms with Crippen LogP contribution in [0.25, 0.3) is 10.1 Å². The molecule has 2 rings (SSSR count). The van der Waals surface area contributed by atoms with Gasteiger partial charge in [0.25, 0.3) is 0 Å². The van der Waals surface area contributed by atoms with Gasteiger partial charge < -0.3 is 0 Å². The Morgan fingerprint density at radius 2 is 2.14 bits per heavy atom. The van der Waals surface area contributed by atoms with E-state index >= 15 is 0 Å². The molecule has 2 aromatic rings. The van der Waals surface area contributed by atoms with Crippen molar-refractivity contribution in [3.8, 4) is 6.07 Å². The van der Waals surface area contributed by atoms with E-state index in [2.05, 4.69) is 6.07 Å². The molecule has 70 valence electrons. The summed E-state index contributed by atoms with van der Waals surface area (Å²) in [6.07, 6.45) is 0. The molecule has 0 spiro atoms. The van der Waals surface area contributed by atoms with Crippen molar-refractivity contribution in [3.63, 3.8) is 0 Å². The molecule has 1 nitrogen and oxygen atoms in total. The van der Waals surface area contributed by atoms with Crippen LogP contribution in [0.5, 0.6) is 0 Å². The number of fused-ring (bicyclic) bond motifs is 1. The lowest BCUT2D eigenvalue weighted by Gasteiger charge is -1.98. The molecule has 0 radical (unpaired) electrons. The van der Waals surface area contributed by atoms with Gasteiger partial charge in [-0.25, -0.2) is 0 Å². The van der Waals surface area contributed by atoms with E-state index in [-0.39, 0.29) is 0 Å². The van der Waals surface area contributed by atoms with Crippen LogP contribution in [0.3, 0.4) is 0 Å². The Morgan fingerprint density at radius 3 is 2.79 bits per heavy atom. The van der Waals surface area contributed by atoms with Gasteiger partial charge in [0.1, 0.15) is 0 Å². The lowest BCUT2D eigenvalue weighted by atomic mass is 10.1. The molecule has 1 aromatic heterocycles. The van der Waals surface area contributed by atoms with Crippen LogP contribution in [-0.2, 0) is 5.88 Å². The first-order chi connectivity index (χ1) is 6.74. The van der Waals surface area contributed by atoms with Gasteiger partial charge in [-0.3, -0.25) is 0 Å². The van der Waals surface area contributed by atoms with E-state index in [0.717, 1.165) is 20.0 Å². The molecule has 0 aliphatic heterocycles. The molecule has 0 fully saturated rings. The Bertz CT molecular complexity index is 525. The Balaban J connectivity index is 2.80. The van der Waals surface area contributed by atoms with Gasteiger partial charge in [-0.15, -0.1) is 22.9 Å². The van der Waals surface area contributed by atoms with Crippen molar-refractivity contribution in [1.82, 2.24) is 0 Å². The zero-order valence-corrected chi connectivity index (χ0v) is 9.38. The van der Waals surface area contributed by atoms with Crippen LogP contribution in [-0.4, -0.2) is 0 Å². The third-order valence-corrected chi connectivity index (χ3v) is 3.58. The summed E-state index contributed by atoms with van der Waals surface area (Å²) in [5, 5.41) is 9.80. The normalized spacial score (nSPS) is 10.4. The monoisotopic (exact) mass is 241 g/mol. The standard InChI is InChI=1S/C10H5Cl2NS/c11-4-8-2-6(5-13)1-7-3-9(12)14-10(7)8/h1-3H,4H2. The Hall–Kier alpha value is -0.750. The van der Waals surface area contributed by atoms with Gasteiger partial charge in [-0.2, -0.15) is 5.26 Å². The van der Waals surface area contributed by atoms with Crippen LogP contribution in [0.2, 0.25) is 4.34 Å². The molecule has 0 bridgehead atoms. The third-order valence-electron chi connectivity index (χ3n) is 1.94. The molecule has 1 aromatic carbocycles. The summed E-state index contributed by atoms with van der Waals surface area (Å²) < 4.78 is 1.80. The average molecular weight is 242 g/mol. The van der Waals surface area contributed by atoms with E-state index < -0.39 is 0 Å². The summed E-state index contributed by atoms with van der Waals surface area (Å²) in [6, 6.07) is 7.60. The predicted octanol–water partition coefficient (Wildman–Crippen LogP) is 4.17. The Kier molecular flexibility index (Phi) is 2.64. The van der Waals surface area contributed by atoms with Crippen molar-refractivity contribution < 1.29 is 0 Å². The van der Waals surface area contributed by atoms with E-state index in [1.165, 1.54) is 11.3 Å². The molecule has 0 saturated carbocycles. The van der Waals surface area contributed by atoms with Gasteiger partial charge >= 0.3 is 0 Å². The predicted molar refractivity (Wildman–Crippen MR) is 61.1 cm³/mol. The Morgan fingerprint density at radius 1 is 1.36 bits per heavy atom. The maximum Gasteiger partial charge on any atom is 0.0991 e. The quantitative estimate of drug-likeness (QED) is 0.688. The summed E-state index contributed by atoms with van der Waals surface area (Å²) in [5.41, 5.74) is 1.60. The van der Waals surface area contributed by atoms with Crippen molar-refractivity contribution in [2.75, 3.05) is 0 Å². The lowest BCUT2D eigenvalue weighted by molar-refractivity contribution is 1.43. The van der Waals surface area contributed by atoms with E-state index in [0.29, 0.717) is 11.4 Å². The van der Waals surface area contributed by atoms with Crippen molar-refractivity contribution >= 4 is 44.6 Å². The van der Waals surface area contributed by atoms with Gasteiger partial charge in [0.15, 0.2) is 0 Å². The summed E-state index contributed by atoms with van der Waals surface area (Å²) in [6.45, 7) is 0. The van der Waals surface area contributed by atoms with E-state index in [1.54, 1.807) is 0 Å². The van der Waals surface area contributed by atoms with Crippen molar-refractivity contribution in [2.45, 2.75) is 5.88 Å². The van der Waals surface area contributed by atoms with Crippen LogP contribution in [0.4, 0.5) is 0 Å².